The summed E-state index contributed by atoms with van der Waals surface area (Å²) in [6.07, 6.45) is 0. The van der Waals surface area contributed by atoms with E-state index in [1.807, 2.05) is 0 Å². The molecular weight excluding hydrogens is 290 g/mol. The highest BCUT2D eigenvalue weighted by Gasteiger charge is 2.16. The minimum absolute atomic E-state index is 0.118. The van der Waals surface area contributed by atoms with Gasteiger partial charge < -0.3 is 15.2 Å². The minimum atomic E-state index is -3.43. The van der Waals surface area contributed by atoms with E-state index in [0.717, 1.165) is 0 Å². The molecule has 0 spiro atoms. The third-order valence-electron chi connectivity index (χ3n) is 3.07. The third-order valence-corrected chi connectivity index (χ3v) is 4.77. The standard InChI is InChI=1S/C15H17NO4S/c1-19-12-4-6-13(7-5-12)21(17,18)10-11-3-8-15(20-2)14(16)9-11/h3-9H,10,16H2,1-2H3. The largest absolute Gasteiger partial charge is 0.497 e. The first-order chi connectivity index (χ1) is 9.96. The maximum absolute atomic E-state index is 12.4. The molecule has 21 heavy (non-hydrogen) atoms. The van der Waals surface area contributed by atoms with Crippen LogP contribution in [0.3, 0.4) is 0 Å². The van der Waals surface area contributed by atoms with Gasteiger partial charge in [-0.1, -0.05) is 6.07 Å². The lowest BCUT2D eigenvalue weighted by Crippen LogP contribution is -2.05. The lowest BCUT2D eigenvalue weighted by atomic mass is 10.2. The van der Waals surface area contributed by atoms with Gasteiger partial charge in [0.2, 0.25) is 0 Å². The van der Waals surface area contributed by atoms with E-state index in [9.17, 15) is 8.42 Å². The summed E-state index contributed by atoms with van der Waals surface area (Å²) in [5.41, 5.74) is 6.82. The van der Waals surface area contributed by atoms with Crippen LogP contribution in [-0.4, -0.2) is 22.6 Å². The van der Waals surface area contributed by atoms with E-state index in [4.69, 9.17) is 15.2 Å². The molecule has 112 valence electrons. The zero-order valence-electron chi connectivity index (χ0n) is 11.9. The molecule has 6 heteroatoms. The smallest absolute Gasteiger partial charge is 0.182 e. The van der Waals surface area contributed by atoms with Gasteiger partial charge >= 0.3 is 0 Å². The van der Waals surface area contributed by atoms with Gasteiger partial charge in [0.15, 0.2) is 9.84 Å². The first-order valence-corrected chi connectivity index (χ1v) is 7.90. The van der Waals surface area contributed by atoms with Crippen LogP contribution in [0.25, 0.3) is 0 Å². The predicted octanol–water partition coefficient (Wildman–Crippen LogP) is 2.26. The van der Waals surface area contributed by atoms with Gasteiger partial charge in [0.05, 0.1) is 30.6 Å². The number of methoxy groups -OCH3 is 2. The van der Waals surface area contributed by atoms with Crippen molar-refractivity contribution in [1.29, 1.82) is 0 Å². The van der Waals surface area contributed by atoms with Crippen molar-refractivity contribution in [1.82, 2.24) is 0 Å². The molecule has 0 amide bonds. The highest BCUT2D eigenvalue weighted by atomic mass is 32.2. The molecule has 0 bridgehead atoms. The molecule has 0 radical (unpaired) electrons. The van der Waals surface area contributed by atoms with Gasteiger partial charge in [0, 0.05) is 0 Å². The monoisotopic (exact) mass is 307 g/mol. The fourth-order valence-corrected chi connectivity index (χ4v) is 3.30. The summed E-state index contributed by atoms with van der Waals surface area (Å²) >= 11 is 0. The fourth-order valence-electron chi connectivity index (χ4n) is 1.96. The van der Waals surface area contributed by atoms with Gasteiger partial charge in [0.1, 0.15) is 11.5 Å². The summed E-state index contributed by atoms with van der Waals surface area (Å²) < 4.78 is 34.8. The van der Waals surface area contributed by atoms with E-state index in [-0.39, 0.29) is 10.6 Å². The Kier molecular flexibility index (Phi) is 4.37. The first-order valence-electron chi connectivity index (χ1n) is 6.25. The Morgan fingerprint density at radius 1 is 1.00 bits per heavy atom. The van der Waals surface area contributed by atoms with Gasteiger partial charge in [-0.2, -0.15) is 0 Å². The minimum Gasteiger partial charge on any atom is -0.497 e. The zero-order chi connectivity index (χ0) is 15.5. The Hall–Kier alpha value is -2.21. The SMILES string of the molecule is COc1ccc(S(=O)(=O)Cc2ccc(OC)c(N)c2)cc1. The van der Waals surface area contributed by atoms with E-state index in [0.29, 0.717) is 22.7 Å². The van der Waals surface area contributed by atoms with Crippen molar-refractivity contribution in [2.45, 2.75) is 10.6 Å². The first kappa shape index (κ1) is 15.2. The van der Waals surface area contributed by atoms with Crippen LogP contribution in [-0.2, 0) is 15.6 Å². The second-order valence-electron chi connectivity index (χ2n) is 4.51. The number of sulfone groups is 1. The van der Waals surface area contributed by atoms with Gasteiger partial charge in [0.25, 0.3) is 0 Å². The van der Waals surface area contributed by atoms with E-state index in [1.165, 1.54) is 26.4 Å². The van der Waals surface area contributed by atoms with Crippen molar-refractivity contribution < 1.29 is 17.9 Å². The topological polar surface area (TPSA) is 78.6 Å². The van der Waals surface area contributed by atoms with Crippen LogP contribution in [0, 0.1) is 0 Å². The van der Waals surface area contributed by atoms with Crippen molar-refractivity contribution in [3.8, 4) is 11.5 Å². The van der Waals surface area contributed by atoms with Crippen molar-refractivity contribution in [3.05, 3.63) is 48.0 Å². The van der Waals surface area contributed by atoms with E-state index < -0.39 is 9.84 Å². The van der Waals surface area contributed by atoms with Crippen molar-refractivity contribution in [2.24, 2.45) is 0 Å². The summed E-state index contributed by atoms with van der Waals surface area (Å²) in [4.78, 5) is 0.248. The molecule has 0 unspecified atom stereocenters. The summed E-state index contributed by atoms with van der Waals surface area (Å²) in [6, 6.07) is 11.3. The van der Waals surface area contributed by atoms with Crippen LogP contribution in [0.4, 0.5) is 5.69 Å². The van der Waals surface area contributed by atoms with E-state index in [2.05, 4.69) is 0 Å². The number of rotatable bonds is 5. The van der Waals surface area contributed by atoms with Crippen LogP contribution in [0.15, 0.2) is 47.4 Å². The van der Waals surface area contributed by atoms with Crippen LogP contribution in [0.2, 0.25) is 0 Å². The molecule has 2 aromatic rings. The molecule has 0 heterocycles. The molecular formula is C15H17NO4S. The average molecular weight is 307 g/mol. The lowest BCUT2D eigenvalue weighted by Gasteiger charge is -2.08. The lowest BCUT2D eigenvalue weighted by molar-refractivity contribution is 0.414. The van der Waals surface area contributed by atoms with Gasteiger partial charge in [-0.25, -0.2) is 8.42 Å². The Labute approximate surface area is 124 Å². The fraction of sp³-hybridized carbons (Fsp3) is 0.200. The maximum Gasteiger partial charge on any atom is 0.182 e. The number of ether oxygens (including phenoxy) is 2. The Morgan fingerprint density at radius 2 is 1.67 bits per heavy atom. The van der Waals surface area contributed by atoms with Crippen molar-refractivity contribution >= 4 is 15.5 Å². The highest BCUT2D eigenvalue weighted by molar-refractivity contribution is 7.90. The highest BCUT2D eigenvalue weighted by Crippen LogP contribution is 2.25. The maximum atomic E-state index is 12.4. The Morgan fingerprint density at radius 3 is 2.19 bits per heavy atom. The van der Waals surface area contributed by atoms with Crippen LogP contribution in [0.1, 0.15) is 5.56 Å². The van der Waals surface area contributed by atoms with Gasteiger partial charge in [-0.05, 0) is 42.0 Å². The number of hydrogen-bond donors (Lipinski definition) is 1. The van der Waals surface area contributed by atoms with Crippen LogP contribution >= 0.6 is 0 Å². The van der Waals surface area contributed by atoms with Gasteiger partial charge in [-0.3, -0.25) is 0 Å². The molecule has 0 aliphatic heterocycles. The van der Waals surface area contributed by atoms with Crippen LogP contribution < -0.4 is 15.2 Å². The molecule has 5 nitrogen and oxygen atoms in total. The van der Waals surface area contributed by atoms with E-state index >= 15 is 0 Å². The zero-order valence-corrected chi connectivity index (χ0v) is 12.7. The summed E-state index contributed by atoms with van der Waals surface area (Å²) in [7, 11) is -0.382. The normalized spacial score (nSPS) is 11.1. The van der Waals surface area contributed by atoms with Crippen molar-refractivity contribution in [2.75, 3.05) is 20.0 Å². The third kappa shape index (κ3) is 3.46. The molecule has 0 saturated heterocycles. The Bertz CT molecular complexity index is 724. The average Bonchev–Trinajstić information content (AvgIpc) is 2.47. The molecule has 0 saturated carbocycles. The summed E-state index contributed by atoms with van der Waals surface area (Å²) in [5.74, 6) is 1.02. The number of nitrogen functional groups attached to an aromatic ring is 1. The van der Waals surface area contributed by atoms with Crippen LogP contribution in [0.5, 0.6) is 11.5 Å². The number of nitrogens with two attached hydrogens (primary N) is 1. The summed E-state index contributed by atoms with van der Waals surface area (Å²) in [5, 5.41) is 0. The molecule has 2 rings (SSSR count). The predicted molar refractivity (Wildman–Crippen MR) is 81.3 cm³/mol. The summed E-state index contributed by atoms with van der Waals surface area (Å²) in [6.45, 7) is 0. The molecule has 0 fully saturated rings. The number of benzene rings is 2. The second-order valence-corrected chi connectivity index (χ2v) is 6.50. The number of hydrogen-bond acceptors (Lipinski definition) is 5. The molecule has 0 aromatic heterocycles. The Balaban J connectivity index is 2.26. The molecule has 2 N–H and O–H groups in total. The quantitative estimate of drug-likeness (QED) is 0.857. The second kappa shape index (κ2) is 6.05. The van der Waals surface area contributed by atoms with Crippen molar-refractivity contribution in [3.63, 3.8) is 0 Å². The molecule has 0 atom stereocenters. The number of anilines is 1. The molecule has 0 aliphatic carbocycles. The molecule has 2 aromatic carbocycles. The molecule has 0 aliphatic rings. The van der Waals surface area contributed by atoms with Gasteiger partial charge in [-0.15, -0.1) is 0 Å². The van der Waals surface area contributed by atoms with E-state index in [1.54, 1.807) is 30.3 Å².